The molecule has 1 aromatic carbocycles. The number of hydrogen-bond acceptors (Lipinski definition) is 3. The van der Waals surface area contributed by atoms with E-state index in [2.05, 4.69) is 31.3 Å². The second-order valence-electron chi connectivity index (χ2n) is 5.98. The molecule has 2 fully saturated rings. The van der Waals surface area contributed by atoms with Crippen LogP contribution in [0.25, 0.3) is 0 Å². The zero-order chi connectivity index (χ0) is 13.5. The van der Waals surface area contributed by atoms with E-state index in [1.807, 2.05) is 0 Å². The van der Waals surface area contributed by atoms with E-state index < -0.39 is 0 Å². The summed E-state index contributed by atoms with van der Waals surface area (Å²) in [4.78, 5) is 0. The number of rotatable bonds is 3. The van der Waals surface area contributed by atoms with Crippen LogP contribution in [0.15, 0.2) is 12.1 Å². The Morgan fingerprint density at radius 1 is 1.26 bits per heavy atom. The largest absolute Gasteiger partial charge is 0.496 e. The highest BCUT2D eigenvalue weighted by molar-refractivity contribution is 5.47. The van der Waals surface area contributed by atoms with E-state index in [4.69, 9.17) is 9.47 Å². The Kier molecular flexibility index (Phi) is 3.27. The van der Waals surface area contributed by atoms with Crippen LogP contribution in [0.3, 0.4) is 0 Å². The van der Waals surface area contributed by atoms with Gasteiger partial charge in [0.15, 0.2) is 0 Å². The van der Waals surface area contributed by atoms with Gasteiger partial charge in [0.2, 0.25) is 0 Å². The molecule has 2 saturated heterocycles. The Morgan fingerprint density at radius 3 is 2.53 bits per heavy atom. The topological polar surface area (TPSA) is 30.5 Å². The van der Waals surface area contributed by atoms with Gasteiger partial charge in [-0.3, -0.25) is 0 Å². The third kappa shape index (κ3) is 1.96. The third-order valence-electron chi connectivity index (χ3n) is 4.91. The van der Waals surface area contributed by atoms with E-state index in [-0.39, 0.29) is 5.41 Å². The molecular weight excluding hydrogens is 238 g/mol. The summed E-state index contributed by atoms with van der Waals surface area (Å²) >= 11 is 0. The summed E-state index contributed by atoms with van der Waals surface area (Å²) in [7, 11) is 1.77. The lowest BCUT2D eigenvalue weighted by molar-refractivity contribution is -0.0878. The van der Waals surface area contributed by atoms with E-state index in [9.17, 15) is 0 Å². The lowest BCUT2D eigenvalue weighted by atomic mass is 9.67. The molecular formula is C16H23NO2. The minimum atomic E-state index is 0.160. The van der Waals surface area contributed by atoms with Crippen LogP contribution in [-0.2, 0) is 10.2 Å². The fraction of sp³-hybridized carbons (Fsp3) is 0.625. The van der Waals surface area contributed by atoms with Gasteiger partial charge in [-0.1, -0.05) is 6.07 Å². The molecule has 3 nitrogen and oxygen atoms in total. The first-order valence-corrected chi connectivity index (χ1v) is 7.11. The molecule has 3 heteroatoms. The lowest BCUT2D eigenvalue weighted by Crippen LogP contribution is -2.53. The number of methoxy groups -OCH3 is 1. The van der Waals surface area contributed by atoms with Crippen LogP contribution in [0.5, 0.6) is 5.75 Å². The Morgan fingerprint density at radius 2 is 2.00 bits per heavy atom. The van der Waals surface area contributed by atoms with Crippen molar-refractivity contribution in [3.63, 3.8) is 0 Å². The van der Waals surface area contributed by atoms with Gasteiger partial charge >= 0.3 is 0 Å². The average Bonchev–Trinajstić information content (AvgIpc) is 2.86. The monoisotopic (exact) mass is 261 g/mol. The minimum Gasteiger partial charge on any atom is -0.496 e. The molecule has 3 rings (SSSR count). The molecule has 0 aliphatic carbocycles. The maximum absolute atomic E-state index is 5.65. The molecule has 0 radical (unpaired) electrons. The average molecular weight is 261 g/mol. The first kappa shape index (κ1) is 12.9. The van der Waals surface area contributed by atoms with Crippen molar-refractivity contribution in [2.24, 2.45) is 5.92 Å². The van der Waals surface area contributed by atoms with E-state index in [1.165, 1.54) is 23.1 Å². The predicted octanol–water partition coefficient (Wildman–Crippen LogP) is 2.19. The maximum atomic E-state index is 5.65. The molecule has 0 aromatic heterocycles. The highest BCUT2D eigenvalue weighted by Crippen LogP contribution is 2.46. The minimum absolute atomic E-state index is 0.160. The molecule has 104 valence electrons. The third-order valence-corrected chi connectivity index (χ3v) is 4.91. The van der Waals surface area contributed by atoms with Crippen molar-refractivity contribution in [2.75, 3.05) is 33.4 Å². The number of benzene rings is 1. The Hall–Kier alpha value is -1.06. The molecule has 2 heterocycles. The van der Waals surface area contributed by atoms with Crippen molar-refractivity contribution in [3.8, 4) is 5.75 Å². The maximum Gasteiger partial charge on any atom is 0.123 e. The van der Waals surface area contributed by atoms with E-state index >= 15 is 0 Å². The summed E-state index contributed by atoms with van der Waals surface area (Å²) < 4.78 is 11.2. The molecule has 0 bridgehead atoms. The van der Waals surface area contributed by atoms with E-state index in [0.29, 0.717) is 5.92 Å². The Bertz CT molecular complexity index is 474. The summed E-state index contributed by atoms with van der Waals surface area (Å²) in [6, 6.07) is 4.49. The standard InChI is InChI=1S/C16H23NO2/c1-11-6-14(15(18-3)7-12(11)2)16(9-19-10-16)13-4-5-17-8-13/h6-7,13,17H,4-5,8-10H2,1-3H3. The molecule has 0 amide bonds. The van der Waals surface area contributed by atoms with Crippen molar-refractivity contribution < 1.29 is 9.47 Å². The van der Waals surface area contributed by atoms with Crippen molar-refractivity contribution in [1.82, 2.24) is 5.32 Å². The lowest BCUT2D eigenvalue weighted by Gasteiger charge is -2.47. The van der Waals surface area contributed by atoms with Crippen LogP contribution in [0.1, 0.15) is 23.1 Å². The zero-order valence-electron chi connectivity index (χ0n) is 12.1. The van der Waals surface area contributed by atoms with Crippen LogP contribution in [0.4, 0.5) is 0 Å². The van der Waals surface area contributed by atoms with Gasteiger partial charge in [0.1, 0.15) is 5.75 Å². The predicted molar refractivity (Wildman–Crippen MR) is 75.9 cm³/mol. The second kappa shape index (κ2) is 4.80. The number of hydrogen-bond donors (Lipinski definition) is 1. The SMILES string of the molecule is COc1cc(C)c(C)cc1C1(C2CCNC2)COC1. The van der Waals surface area contributed by atoms with Gasteiger partial charge in [-0.2, -0.15) is 0 Å². The van der Waals surface area contributed by atoms with Gasteiger partial charge < -0.3 is 14.8 Å². The van der Waals surface area contributed by atoms with Gasteiger partial charge in [-0.25, -0.2) is 0 Å². The smallest absolute Gasteiger partial charge is 0.123 e. The number of aryl methyl sites for hydroxylation is 2. The molecule has 1 aromatic rings. The van der Waals surface area contributed by atoms with Gasteiger partial charge in [-0.05, 0) is 56.5 Å². The fourth-order valence-corrected chi connectivity index (χ4v) is 3.41. The Balaban J connectivity index is 2.05. The molecule has 0 saturated carbocycles. The summed E-state index contributed by atoms with van der Waals surface area (Å²) in [5.41, 5.74) is 4.14. The van der Waals surface area contributed by atoms with Crippen molar-refractivity contribution in [1.29, 1.82) is 0 Å². The van der Waals surface area contributed by atoms with Crippen molar-refractivity contribution >= 4 is 0 Å². The molecule has 2 aliphatic rings. The summed E-state index contributed by atoms with van der Waals surface area (Å²) in [5.74, 6) is 1.69. The quantitative estimate of drug-likeness (QED) is 0.904. The van der Waals surface area contributed by atoms with Gasteiger partial charge in [0, 0.05) is 11.0 Å². The first-order chi connectivity index (χ1) is 9.17. The molecule has 2 aliphatic heterocycles. The second-order valence-corrected chi connectivity index (χ2v) is 5.98. The normalized spacial score (nSPS) is 25.1. The highest BCUT2D eigenvalue weighted by Gasteiger charge is 2.49. The summed E-state index contributed by atoms with van der Waals surface area (Å²) in [6.45, 7) is 8.20. The molecule has 0 spiro atoms. The van der Waals surface area contributed by atoms with Gasteiger partial charge in [0.25, 0.3) is 0 Å². The summed E-state index contributed by atoms with van der Waals surface area (Å²) in [6.07, 6.45) is 1.24. The molecule has 1 atom stereocenters. The van der Waals surface area contributed by atoms with Crippen LogP contribution in [0, 0.1) is 19.8 Å². The number of ether oxygens (including phenoxy) is 2. The van der Waals surface area contributed by atoms with Crippen LogP contribution >= 0.6 is 0 Å². The van der Waals surface area contributed by atoms with Gasteiger partial charge in [-0.15, -0.1) is 0 Å². The molecule has 1 unspecified atom stereocenters. The summed E-state index contributed by atoms with van der Waals surface area (Å²) in [5, 5.41) is 3.48. The molecule has 19 heavy (non-hydrogen) atoms. The van der Waals surface area contributed by atoms with Crippen LogP contribution in [-0.4, -0.2) is 33.4 Å². The zero-order valence-corrected chi connectivity index (χ0v) is 12.1. The van der Waals surface area contributed by atoms with Crippen molar-refractivity contribution in [3.05, 3.63) is 28.8 Å². The van der Waals surface area contributed by atoms with Crippen LogP contribution in [0.2, 0.25) is 0 Å². The number of nitrogens with one attached hydrogen (secondary N) is 1. The molecule has 1 N–H and O–H groups in total. The Labute approximate surface area is 115 Å². The first-order valence-electron chi connectivity index (χ1n) is 7.11. The van der Waals surface area contributed by atoms with E-state index in [1.54, 1.807) is 7.11 Å². The van der Waals surface area contributed by atoms with Crippen molar-refractivity contribution in [2.45, 2.75) is 25.7 Å². The highest BCUT2D eigenvalue weighted by atomic mass is 16.5. The van der Waals surface area contributed by atoms with Crippen LogP contribution < -0.4 is 10.1 Å². The van der Waals surface area contributed by atoms with E-state index in [0.717, 1.165) is 32.1 Å². The fourth-order valence-electron chi connectivity index (χ4n) is 3.41. The van der Waals surface area contributed by atoms with Gasteiger partial charge in [0.05, 0.1) is 20.3 Å².